The van der Waals surface area contributed by atoms with Crippen molar-refractivity contribution < 1.29 is 80.2 Å². The Morgan fingerprint density at radius 1 is 0.269 bits per heavy atom. The molecule has 104 heavy (non-hydrogen) atoms. The summed E-state index contributed by atoms with van der Waals surface area (Å²) in [4.78, 5) is 73.2. The molecule has 19 heteroatoms. The third-order valence-corrected chi connectivity index (χ3v) is 22.4. The second kappa shape index (κ2) is 73.8. The number of phosphoric acid groups is 2. The molecule has 17 nitrogen and oxygen atoms in total. The number of aliphatic hydroxyl groups is 1. The molecular formula is C85H166O17P2. The Morgan fingerprint density at radius 2 is 0.462 bits per heavy atom. The minimum absolute atomic E-state index is 0.106. The van der Waals surface area contributed by atoms with Gasteiger partial charge in [-0.15, -0.1) is 0 Å². The van der Waals surface area contributed by atoms with E-state index in [1.54, 1.807) is 0 Å². The van der Waals surface area contributed by atoms with Gasteiger partial charge in [-0.1, -0.05) is 389 Å². The second-order valence-electron chi connectivity index (χ2n) is 32.0. The average Bonchev–Trinajstić information content (AvgIpc) is 0.907. The maximum absolute atomic E-state index is 13.1. The molecule has 0 aliphatic carbocycles. The number of esters is 4. The molecule has 0 aromatic carbocycles. The third kappa shape index (κ3) is 75.5. The van der Waals surface area contributed by atoms with E-state index in [-0.39, 0.29) is 25.7 Å². The fraction of sp³-hybridized carbons (Fsp3) is 0.953. The summed E-state index contributed by atoms with van der Waals surface area (Å²) in [7, 11) is -9.93. The van der Waals surface area contributed by atoms with E-state index in [0.717, 1.165) is 120 Å². The van der Waals surface area contributed by atoms with E-state index in [2.05, 4.69) is 55.4 Å². The highest BCUT2D eigenvalue weighted by Crippen LogP contribution is 2.45. The summed E-state index contributed by atoms with van der Waals surface area (Å²) in [5.74, 6) is 1.07. The van der Waals surface area contributed by atoms with Gasteiger partial charge in [-0.05, 0) is 49.4 Å². The van der Waals surface area contributed by atoms with Crippen LogP contribution in [-0.2, 0) is 65.4 Å². The number of carbonyl (C=O) groups excluding carboxylic acids is 4. The molecule has 0 amide bonds. The number of phosphoric ester groups is 2. The molecule has 618 valence electrons. The molecule has 0 aromatic rings. The van der Waals surface area contributed by atoms with Crippen LogP contribution in [0, 0.1) is 23.7 Å². The van der Waals surface area contributed by atoms with Crippen molar-refractivity contribution in [1.82, 2.24) is 0 Å². The average molecular weight is 1520 g/mol. The van der Waals surface area contributed by atoms with Crippen molar-refractivity contribution in [2.45, 2.75) is 459 Å². The lowest BCUT2D eigenvalue weighted by molar-refractivity contribution is -0.161. The number of unbranched alkanes of at least 4 members (excludes halogenated alkanes) is 46. The quantitative estimate of drug-likeness (QED) is 0.0222. The van der Waals surface area contributed by atoms with Gasteiger partial charge >= 0.3 is 39.5 Å². The molecule has 4 unspecified atom stereocenters. The molecule has 0 fully saturated rings. The van der Waals surface area contributed by atoms with E-state index in [0.29, 0.717) is 25.7 Å². The number of hydrogen-bond donors (Lipinski definition) is 3. The number of hydrogen-bond acceptors (Lipinski definition) is 15. The van der Waals surface area contributed by atoms with Crippen LogP contribution in [0.4, 0.5) is 0 Å². The highest BCUT2D eigenvalue weighted by atomic mass is 31.2. The van der Waals surface area contributed by atoms with E-state index in [1.807, 2.05) is 0 Å². The summed E-state index contributed by atoms with van der Waals surface area (Å²) in [6, 6.07) is 0. The maximum Gasteiger partial charge on any atom is 0.472 e. The summed E-state index contributed by atoms with van der Waals surface area (Å²) < 4.78 is 68.8. The van der Waals surface area contributed by atoms with Crippen molar-refractivity contribution >= 4 is 39.5 Å². The van der Waals surface area contributed by atoms with Crippen molar-refractivity contribution in [1.29, 1.82) is 0 Å². The molecule has 0 rings (SSSR count). The first-order valence-electron chi connectivity index (χ1n) is 43.8. The Balaban J connectivity index is 5.23. The largest absolute Gasteiger partial charge is 0.472 e. The lowest BCUT2D eigenvalue weighted by Crippen LogP contribution is -2.30. The molecule has 0 bridgehead atoms. The second-order valence-corrected chi connectivity index (χ2v) is 34.9. The Hall–Kier alpha value is -1.94. The predicted octanol–water partition coefficient (Wildman–Crippen LogP) is 25.6. The molecule has 0 spiro atoms. The van der Waals surface area contributed by atoms with Gasteiger partial charge < -0.3 is 33.8 Å². The van der Waals surface area contributed by atoms with Crippen molar-refractivity contribution in [2.75, 3.05) is 39.6 Å². The highest BCUT2D eigenvalue weighted by molar-refractivity contribution is 7.47. The number of rotatable bonds is 82. The van der Waals surface area contributed by atoms with Gasteiger partial charge in [0.05, 0.1) is 26.4 Å². The minimum Gasteiger partial charge on any atom is -0.462 e. The van der Waals surface area contributed by atoms with Crippen LogP contribution >= 0.6 is 15.6 Å². The minimum atomic E-state index is -4.97. The lowest BCUT2D eigenvalue weighted by Gasteiger charge is -2.21. The van der Waals surface area contributed by atoms with Gasteiger partial charge in [0.15, 0.2) is 12.2 Å². The summed E-state index contributed by atoms with van der Waals surface area (Å²) in [5.41, 5.74) is 0. The summed E-state index contributed by atoms with van der Waals surface area (Å²) in [6.45, 7) is 14.3. The molecule has 0 aliphatic heterocycles. The van der Waals surface area contributed by atoms with Crippen LogP contribution in [0.25, 0.3) is 0 Å². The fourth-order valence-electron chi connectivity index (χ4n) is 13.1. The SMILES string of the molecule is CCC(C)CCCCCCCCCCCCCCCCCCCCC(=O)O[C@H](COC(=O)CCCCCCCCCCCCCCCCC(C)C)COP(=O)(O)OC[C@@H](O)COP(=O)(O)OC[C@@H](COC(=O)CCCCCCCCC(C)CC)OC(=O)CCCCCCCCCCCCCCC(C)C. The van der Waals surface area contributed by atoms with Gasteiger partial charge in [0.1, 0.15) is 19.3 Å². The fourth-order valence-corrected chi connectivity index (χ4v) is 14.7. The Bertz CT molecular complexity index is 2030. The molecular weight excluding hydrogens is 1350 g/mol. The molecule has 0 aliphatic rings. The predicted molar refractivity (Wildman–Crippen MR) is 428 cm³/mol. The van der Waals surface area contributed by atoms with E-state index in [4.69, 9.17) is 37.0 Å². The molecule has 7 atom stereocenters. The van der Waals surface area contributed by atoms with E-state index < -0.39 is 97.5 Å². The van der Waals surface area contributed by atoms with Gasteiger partial charge in [-0.25, -0.2) is 9.13 Å². The normalized spacial score (nSPS) is 14.5. The zero-order chi connectivity index (χ0) is 76.7. The first kappa shape index (κ1) is 102. The van der Waals surface area contributed by atoms with E-state index in [9.17, 15) is 43.2 Å². The number of carbonyl (C=O) groups is 4. The van der Waals surface area contributed by atoms with Crippen LogP contribution in [-0.4, -0.2) is 96.7 Å². The molecule has 0 saturated carbocycles. The maximum atomic E-state index is 13.1. The van der Waals surface area contributed by atoms with Crippen LogP contribution in [0.2, 0.25) is 0 Å². The van der Waals surface area contributed by atoms with Crippen molar-refractivity contribution in [3.8, 4) is 0 Å². The summed E-state index contributed by atoms with van der Waals surface area (Å²) >= 11 is 0. The smallest absolute Gasteiger partial charge is 0.462 e. The molecule has 0 aromatic heterocycles. The number of aliphatic hydroxyl groups excluding tert-OH is 1. The zero-order valence-corrected chi connectivity index (χ0v) is 70.5. The first-order chi connectivity index (χ1) is 50.2. The van der Waals surface area contributed by atoms with Crippen LogP contribution in [0.3, 0.4) is 0 Å². The zero-order valence-electron chi connectivity index (χ0n) is 68.7. The Kier molecular flexibility index (Phi) is 72.5. The van der Waals surface area contributed by atoms with Crippen LogP contribution in [0.5, 0.6) is 0 Å². The van der Waals surface area contributed by atoms with Gasteiger partial charge in [-0.3, -0.25) is 37.3 Å². The van der Waals surface area contributed by atoms with Crippen LogP contribution in [0.1, 0.15) is 441 Å². The van der Waals surface area contributed by atoms with Gasteiger partial charge in [0.2, 0.25) is 0 Å². The lowest BCUT2D eigenvalue weighted by atomic mass is 9.99. The Morgan fingerprint density at radius 3 is 0.683 bits per heavy atom. The van der Waals surface area contributed by atoms with Crippen molar-refractivity contribution in [3.05, 3.63) is 0 Å². The van der Waals surface area contributed by atoms with Gasteiger partial charge in [-0.2, -0.15) is 0 Å². The number of ether oxygens (including phenoxy) is 4. The molecule has 0 saturated heterocycles. The van der Waals surface area contributed by atoms with Crippen molar-refractivity contribution in [2.24, 2.45) is 23.7 Å². The summed E-state index contributed by atoms with van der Waals surface area (Å²) in [5, 5.41) is 10.7. The van der Waals surface area contributed by atoms with Gasteiger partial charge in [0, 0.05) is 25.7 Å². The van der Waals surface area contributed by atoms with Gasteiger partial charge in [0.25, 0.3) is 0 Å². The molecule has 0 heterocycles. The van der Waals surface area contributed by atoms with Crippen LogP contribution < -0.4 is 0 Å². The van der Waals surface area contributed by atoms with E-state index >= 15 is 0 Å². The first-order valence-corrected chi connectivity index (χ1v) is 46.8. The highest BCUT2D eigenvalue weighted by Gasteiger charge is 2.30. The summed E-state index contributed by atoms with van der Waals surface area (Å²) in [6.07, 6.45) is 62.5. The molecule has 0 radical (unpaired) electrons. The van der Waals surface area contributed by atoms with Crippen molar-refractivity contribution in [3.63, 3.8) is 0 Å². The Labute approximate surface area is 638 Å². The topological polar surface area (TPSA) is 237 Å². The standard InChI is InChI=1S/C85H166O17P2/c1-9-77(7)63-55-47-39-33-27-20-15-13-11-12-14-16-22-29-35-41-51-59-67-84(89)101-80(71-95-82(87)65-57-49-40-34-28-21-18-17-19-25-31-37-45-53-61-75(3)4)73-99-103(91,92)97-69-79(86)70-98-104(93,94)100-74-81(72-96-83(88)66-58-50-44-43-48-56-64-78(8)10-2)102-85(90)68-60-52-42-36-30-24-23-26-32-38-46-54-62-76(5)6/h75-81,86H,9-74H2,1-8H3,(H,91,92)(H,93,94)/t77?,78?,79-,80-,81-/m1/s1. The monoisotopic (exact) mass is 1520 g/mol. The molecule has 3 N–H and O–H groups in total. The van der Waals surface area contributed by atoms with E-state index in [1.165, 1.54) is 238 Å². The van der Waals surface area contributed by atoms with Crippen LogP contribution in [0.15, 0.2) is 0 Å². The third-order valence-electron chi connectivity index (χ3n) is 20.5.